The Hall–Kier alpha value is -2.10. The third-order valence-electron chi connectivity index (χ3n) is 2.82. The molecule has 0 atom stereocenters. The number of aryl methyl sites for hydroxylation is 2. The molecule has 4 nitrogen and oxygen atoms in total. The lowest BCUT2D eigenvalue weighted by Gasteiger charge is -2.20. The summed E-state index contributed by atoms with van der Waals surface area (Å²) in [6.45, 7) is 6.35. The number of aromatic nitrogens is 1. The molecule has 1 aromatic carbocycles. The first kappa shape index (κ1) is 12.4. The number of carbonyl (C=O) groups is 1. The fourth-order valence-corrected chi connectivity index (χ4v) is 1.86. The van der Waals surface area contributed by atoms with Crippen molar-refractivity contribution < 1.29 is 9.32 Å². The minimum atomic E-state index is -0.130. The third-order valence-corrected chi connectivity index (χ3v) is 2.82. The standard InChI is InChI=1S/C14H16N2O2/c1-4-16(12-7-5-6-10(2)8-12)14(17)13-11(3)9-18-15-13/h5-9H,4H2,1-3H3. The summed E-state index contributed by atoms with van der Waals surface area (Å²) in [6.07, 6.45) is 1.48. The van der Waals surface area contributed by atoms with Crippen molar-refractivity contribution in [2.24, 2.45) is 0 Å². The number of anilines is 1. The van der Waals surface area contributed by atoms with E-state index in [4.69, 9.17) is 4.52 Å². The SMILES string of the molecule is CCN(C(=O)c1nocc1C)c1cccc(C)c1. The van der Waals surface area contributed by atoms with Gasteiger partial charge in [-0.2, -0.15) is 0 Å². The van der Waals surface area contributed by atoms with Gasteiger partial charge in [-0.25, -0.2) is 0 Å². The Kier molecular flexibility index (Phi) is 3.46. The molecule has 0 radical (unpaired) electrons. The van der Waals surface area contributed by atoms with Crippen LogP contribution in [-0.4, -0.2) is 17.6 Å². The van der Waals surface area contributed by atoms with Crippen molar-refractivity contribution in [3.8, 4) is 0 Å². The fraction of sp³-hybridized carbons (Fsp3) is 0.286. The molecule has 1 amide bonds. The molecule has 0 aliphatic rings. The first-order valence-corrected chi connectivity index (χ1v) is 5.93. The van der Waals surface area contributed by atoms with Crippen LogP contribution < -0.4 is 4.90 Å². The topological polar surface area (TPSA) is 46.3 Å². The maximum absolute atomic E-state index is 12.4. The summed E-state index contributed by atoms with van der Waals surface area (Å²) < 4.78 is 4.82. The molecule has 1 aromatic heterocycles. The van der Waals surface area contributed by atoms with Crippen LogP contribution in [0.1, 0.15) is 28.5 Å². The molecular weight excluding hydrogens is 228 g/mol. The molecule has 0 aliphatic heterocycles. The number of hydrogen-bond donors (Lipinski definition) is 0. The highest BCUT2D eigenvalue weighted by Crippen LogP contribution is 2.19. The van der Waals surface area contributed by atoms with Gasteiger partial charge in [-0.15, -0.1) is 0 Å². The number of amides is 1. The van der Waals surface area contributed by atoms with Crippen molar-refractivity contribution in [3.05, 3.63) is 47.3 Å². The number of hydrogen-bond acceptors (Lipinski definition) is 3. The van der Waals surface area contributed by atoms with E-state index in [-0.39, 0.29) is 5.91 Å². The second-order valence-corrected chi connectivity index (χ2v) is 4.23. The summed E-state index contributed by atoms with van der Waals surface area (Å²) in [5, 5.41) is 3.77. The molecule has 18 heavy (non-hydrogen) atoms. The van der Waals surface area contributed by atoms with Crippen LogP contribution in [0, 0.1) is 13.8 Å². The quantitative estimate of drug-likeness (QED) is 0.833. The van der Waals surface area contributed by atoms with E-state index in [1.807, 2.05) is 45.0 Å². The van der Waals surface area contributed by atoms with Crippen LogP contribution in [0.3, 0.4) is 0 Å². The lowest BCUT2D eigenvalue weighted by atomic mass is 10.2. The van der Waals surface area contributed by atoms with Crippen molar-refractivity contribution in [1.29, 1.82) is 0 Å². The third kappa shape index (κ3) is 2.27. The van der Waals surface area contributed by atoms with Gasteiger partial charge in [0.25, 0.3) is 5.91 Å². The Morgan fingerprint density at radius 1 is 1.39 bits per heavy atom. The second-order valence-electron chi connectivity index (χ2n) is 4.23. The average molecular weight is 244 g/mol. The Morgan fingerprint density at radius 3 is 2.72 bits per heavy atom. The van der Waals surface area contributed by atoms with Gasteiger partial charge in [0.05, 0.1) is 0 Å². The van der Waals surface area contributed by atoms with E-state index >= 15 is 0 Å². The molecular formula is C14H16N2O2. The predicted octanol–water partition coefficient (Wildman–Crippen LogP) is 2.96. The highest BCUT2D eigenvalue weighted by Gasteiger charge is 2.21. The Balaban J connectivity index is 2.35. The summed E-state index contributed by atoms with van der Waals surface area (Å²) in [5.74, 6) is -0.130. The van der Waals surface area contributed by atoms with E-state index in [2.05, 4.69) is 5.16 Å². The maximum atomic E-state index is 12.4. The first-order valence-electron chi connectivity index (χ1n) is 5.93. The average Bonchev–Trinajstić information content (AvgIpc) is 2.76. The Morgan fingerprint density at radius 2 is 2.17 bits per heavy atom. The normalized spacial score (nSPS) is 10.4. The van der Waals surface area contributed by atoms with Crippen molar-refractivity contribution in [3.63, 3.8) is 0 Å². The van der Waals surface area contributed by atoms with Gasteiger partial charge in [-0.05, 0) is 38.5 Å². The van der Waals surface area contributed by atoms with Crippen LogP contribution >= 0.6 is 0 Å². The number of rotatable bonds is 3. The zero-order valence-corrected chi connectivity index (χ0v) is 10.8. The van der Waals surface area contributed by atoms with E-state index in [1.165, 1.54) is 6.26 Å². The van der Waals surface area contributed by atoms with Crippen LogP contribution in [0.2, 0.25) is 0 Å². The summed E-state index contributed by atoms with van der Waals surface area (Å²) in [4.78, 5) is 14.1. The zero-order valence-electron chi connectivity index (χ0n) is 10.8. The van der Waals surface area contributed by atoms with Crippen LogP contribution in [-0.2, 0) is 0 Å². The molecule has 4 heteroatoms. The lowest BCUT2D eigenvalue weighted by Crippen LogP contribution is -2.31. The van der Waals surface area contributed by atoms with Crippen molar-refractivity contribution >= 4 is 11.6 Å². The van der Waals surface area contributed by atoms with E-state index in [1.54, 1.807) is 4.90 Å². The summed E-state index contributed by atoms with van der Waals surface area (Å²) in [6, 6.07) is 7.85. The number of carbonyl (C=O) groups excluding carboxylic acids is 1. The summed E-state index contributed by atoms with van der Waals surface area (Å²) in [7, 11) is 0. The minimum absolute atomic E-state index is 0.130. The first-order chi connectivity index (χ1) is 8.63. The second kappa shape index (κ2) is 5.04. The van der Waals surface area contributed by atoms with Crippen LogP contribution in [0.4, 0.5) is 5.69 Å². The predicted molar refractivity (Wildman–Crippen MR) is 69.8 cm³/mol. The van der Waals surface area contributed by atoms with E-state index in [0.29, 0.717) is 12.2 Å². The van der Waals surface area contributed by atoms with Gasteiger partial charge < -0.3 is 9.42 Å². The molecule has 1 heterocycles. The Bertz CT molecular complexity index is 560. The Labute approximate surface area is 106 Å². The fourth-order valence-electron chi connectivity index (χ4n) is 1.86. The maximum Gasteiger partial charge on any atom is 0.280 e. The number of nitrogens with zero attached hydrogens (tertiary/aromatic N) is 2. The highest BCUT2D eigenvalue weighted by atomic mass is 16.5. The molecule has 0 saturated heterocycles. The molecule has 0 saturated carbocycles. The summed E-state index contributed by atoms with van der Waals surface area (Å²) in [5.41, 5.74) is 3.13. The molecule has 2 rings (SSSR count). The number of benzene rings is 1. The van der Waals surface area contributed by atoms with Crippen molar-refractivity contribution in [2.45, 2.75) is 20.8 Å². The minimum Gasteiger partial charge on any atom is -0.364 e. The van der Waals surface area contributed by atoms with E-state index in [9.17, 15) is 4.79 Å². The molecule has 0 unspecified atom stereocenters. The lowest BCUT2D eigenvalue weighted by molar-refractivity contribution is 0.0979. The molecule has 94 valence electrons. The molecule has 0 aliphatic carbocycles. The monoisotopic (exact) mass is 244 g/mol. The van der Waals surface area contributed by atoms with E-state index in [0.717, 1.165) is 16.8 Å². The summed E-state index contributed by atoms with van der Waals surface area (Å²) >= 11 is 0. The molecule has 2 aromatic rings. The van der Waals surface area contributed by atoms with Crippen LogP contribution in [0.25, 0.3) is 0 Å². The van der Waals surface area contributed by atoms with Gasteiger partial charge in [0, 0.05) is 17.8 Å². The molecule has 0 N–H and O–H groups in total. The van der Waals surface area contributed by atoms with Crippen molar-refractivity contribution in [2.75, 3.05) is 11.4 Å². The van der Waals surface area contributed by atoms with Gasteiger partial charge in [0.2, 0.25) is 0 Å². The van der Waals surface area contributed by atoms with Crippen LogP contribution in [0.15, 0.2) is 35.1 Å². The zero-order chi connectivity index (χ0) is 13.1. The largest absolute Gasteiger partial charge is 0.364 e. The molecule has 0 spiro atoms. The van der Waals surface area contributed by atoms with E-state index < -0.39 is 0 Å². The van der Waals surface area contributed by atoms with Crippen LogP contribution in [0.5, 0.6) is 0 Å². The van der Waals surface area contributed by atoms with Crippen molar-refractivity contribution in [1.82, 2.24) is 5.16 Å². The molecule has 0 fully saturated rings. The molecule has 0 bridgehead atoms. The van der Waals surface area contributed by atoms with Gasteiger partial charge in [0.1, 0.15) is 6.26 Å². The smallest absolute Gasteiger partial charge is 0.280 e. The van der Waals surface area contributed by atoms with Gasteiger partial charge in [-0.3, -0.25) is 4.79 Å². The van der Waals surface area contributed by atoms with Gasteiger partial charge in [0.15, 0.2) is 5.69 Å². The van der Waals surface area contributed by atoms with Gasteiger partial charge >= 0.3 is 0 Å². The van der Waals surface area contributed by atoms with Gasteiger partial charge in [-0.1, -0.05) is 17.3 Å². The highest BCUT2D eigenvalue weighted by molar-refractivity contribution is 6.05.